The fourth-order valence-electron chi connectivity index (χ4n) is 1.52. The van der Waals surface area contributed by atoms with Gasteiger partial charge in [0, 0.05) is 19.7 Å². The van der Waals surface area contributed by atoms with Gasteiger partial charge in [-0.05, 0) is 19.3 Å². The minimum Gasteiger partial charge on any atom is -0.389 e. The van der Waals surface area contributed by atoms with Gasteiger partial charge in [-0.15, -0.1) is 0 Å². The monoisotopic (exact) mass is 185 g/mol. The van der Waals surface area contributed by atoms with Crippen LogP contribution in [-0.4, -0.2) is 37.5 Å². The van der Waals surface area contributed by atoms with Gasteiger partial charge < -0.3 is 15.2 Å². The van der Waals surface area contributed by atoms with E-state index in [1.165, 1.54) is 19.3 Å². The highest BCUT2D eigenvalue weighted by Gasteiger charge is 2.09. The van der Waals surface area contributed by atoms with Crippen LogP contribution in [0.25, 0.3) is 0 Å². The van der Waals surface area contributed by atoms with Gasteiger partial charge >= 0.3 is 0 Å². The molecule has 0 saturated carbocycles. The van der Waals surface area contributed by atoms with E-state index in [0.29, 0.717) is 19.2 Å². The van der Waals surface area contributed by atoms with E-state index in [-0.39, 0.29) is 6.10 Å². The summed E-state index contributed by atoms with van der Waals surface area (Å²) in [4.78, 5) is 0. The topological polar surface area (TPSA) is 41.5 Å². The zero-order valence-electron chi connectivity index (χ0n) is 8.20. The van der Waals surface area contributed by atoms with Crippen LogP contribution >= 0.6 is 0 Å². The number of nitrogens with one attached hydrogen (secondary N) is 1. The minimum absolute atomic E-state index is 0.389. The molecule has 0 spiro atoms. The number of aliphatic hydroxyl groups excluding tert-OH is 1. The Morgan fingerprint density at radius 3 is 3.15 bits per heavy atom. The van der Waals surface area contributed by atoms with Crippen molar-refractivity contribution < 1.29 is 9.84 Å². The summed E-state index contributed by atoms with van der Waals surface area (Å²) in [5.41, 5.74) is 0. The molecule has 13 heavy (non-hydrogen) atoms. The summed E-state index contributed by atoms with van der Waals surface area (Å²) < 4.78 is 4.84. The fourth-order valence-corrected chi connectivity index (χ4v) is 1.52. The molecule has 76 valence electrons. The van der Waals surface area contributed by atoms with E-state index in [2.05, 4.69) is 17.5 Å². The van der Waals surface area contributed by atoms with Crippen molar-refractivity contribution in [3.8, 4) is 0 Å². The van der Waals surface area contributed by atoms with Gasteiger partial charge in [0.25, 0.3) is 0 Å². The first kappa shape index (κ1) is 10.7. The van der Waals surface area contributed by atoms with E-state index >= 15 is 0 Å². The lowest BCUT2D eigenvalue weighted by molar-refractivity contribution is 0.0633. The summed E-state index contributed by atoms with van der Waals surface area (Å²) in [5.74, 6) is 0. The number of allylic oxidation sites excluding steroid dienone is 1. The second kappa shape index (κ2) is 6.13. The summed E-state index contributed by atoms with van der Waals surface area (Å²) in [6.45, 7) is 1.02. The first-order valence-electron chi connectivity index (χ1n) is 4.90. The Kier molecular flexibility index (Phi) is 5.05. The highest BCUT2D eigenvalue weighted by atomic mass is 16.5. The van der Waals surface area contributed by atoms with Crippen LogP contribution in [0.2, 0.25) is 0 Å². The zero-order valence-corrected chi connectivity index (χ0v) is 8.20. The average molecular weight is 185 g/mol. The van der Waals surface area contributed by atoms with E-state index in [4.69, 9.17) is 4.74 Å². The average Bonchev–Trinajstić information content (AvgIpc) is 2.17. The number of hydrogen-bond acceptors (Lipinski definition) is 3. The van der Waals surface area contributed by atoms with Crippen LogP contribution in [0.4, 0.5) is 0 Å². The first-order valence-corrected chi connectivity index (χ1v) is 4.90. The molecule has 2 atom stereocenters. The van der Waals surface area contributed by atoms with E-state index in [1.54, 1.807) is 7.11 Å². The van der Waals surface area contributed by atoms with Crippen LogP contribution in [0.3, 0.4) is 0 Å². The van der Waals surface area contributed by atoms with Gasteiger partial charge in [-0.2, -0.15) is 0 Å². The molecule has 3 heteroatoms. The predicted octanol–water partition coefficient (Wildman–Crippen LogP) is 0.692. The number of ether oxygens (including phenoxy) is 1. The largest absolute Gasteiger partial charge is 0.389 e. The molecular weight excluding hydrogens is 166 g/mol. The Balaban J connectivity index is 2.10. The Morgan fingerprint density at radius 1 is 1.69 bits per heavy atom. The summed E-state index contributed by atoms with van der Waals surface area (Å²) in [6.07, 6.45) is 7.61. The van der Waals surface area contributed by atoms with Gasteiger partial charge in [0.05, 0.1) is 12.7 Å². The summed E-state index contributed by atoms with van der Waals surface area (Å²) in [6, 6.07) is 0.445. The second-order valence-electron chi connectivity index (χ2n) is 3.48. The fraction of sp³-hybridized carbons (Fsp3) is 0.800. The van der Waals surface area contributed by atoms with E-state index in [1.807, 2.05) is 0 Å². The smallest absolute Gasteiger partial charge is 0.0897 e. The second-order valence-corrected chi connectivity index (χ2v) is 3.48. The van der Waals surface area contributed by atoms with Crippen molar-refractivity contribution in [3.05, 3.63) is 12.2 Å². The third-order valence-corrected chi connectivity index (χ3v) is 2.23. The van der Waals surface area contributed by atoms with Crippen molar-refractivity contribution in [1.82, 2.24) is 5.32 Å². The molecule has 0 saturated heterocycles. The van der Waals surface area contributed by atoms with Gasteiger partial charge in [-0.25, -0.2) is 0 Å². The lowest BCUT2D eigenvalue weighted by Crippen LogP contribution is -2.36. The number of rotatable bonds is 5. The molecule has 0 aliphatic heterocycles. The van der Waals surface area contributed by atoms with Crippen molar-refractivity contribution >= 4 is 0 Å². The normalized spacial score (nSPS) is 24.6. The maximum absolute atomic E-state index is 9.37. The lowest BCUT2D eigenvalue weighted by atomic mass is 10.0. The molecule has 3 nitrogen and oxygen atoms in total. The molecule has 2 unspecified atom stereocenters. The van der Waals surface area contributed by atoms with Gasteiger partial charge in [-0.1, -0.05) is 12.2 Å². The summed E-state index contributed by atoms with van der Waals surface area (Å²) in [5, 5.41) is 12.7. The first-order chi connectivity index (χ1) is 6.33. The Labute approximate surface area is 79.8 Å². The van der Waals surface area contributed by atoms with Gasteiger partial charge in [0.15, 0.2) is 0 Å². The van der Waals surface area contributed by atoms with Gasteiger partial charge in [0.1, 0.15) is 0 Å². The van der Waals surface area contributed by atoms with Crippen molar-refractivity contribution in [3.63, 3.8) is 0 Å². The predicted molar refractivity (Wildman–Crippen MR) is 52.7 cm³/mol. The van der Waals surface area contributed by atoms with Crippen molar-refractivity contribution in [1.29, 1.82) is 0 Å². The van der Waals surface area contributed by atoms with Crippen molar-refractivity contribution in [2.24, 2.45) is 0 Å². The molecule has 0 aromatic rings. The molecule has 1 aliphatic carbocycles. The van der Waals surface area contributed by atoms with Crippen LogP contribution in [0, 0.1) is 0 Å². The standard InChI is InChI=1S/C10H19NO2/c1-13-8-10(12)7-11-9-5-3-2-4-6-9/h3,5,9-12H,2,4,6-8H2,1H3. The Hall–Kier alpha value is -0.380. The summed E-state index contributed by atoms with van der Waals surface area (Å²) in [7, 11) is 1.60. The molecule has 1 aliphatic rings. The Bertz CT molecular complexity index is 159. The maximum atomic E-state index is 9.37. The molecule has 0 bridgehead atoms. The van der Waals surface area contributed by atoms with Gasteiger partial charge in [0.2, 0.25) is 0 Å². The van der Waals surface area contributed by atoms with Crippen molar-refractivity contribution in [2.75, 3.05) is 20.3 Å². The highest BCUT2D eigenvalue weighted by Crippen LogP contribution is 2.09. The Morgan fingerprint density at radius 2 is 2.54 bits per heavy atom. The van der Waals surface area contributed by atoms with Crippen LogP contribution in [-0.2, 0) is 4.74 Å². The number of methoxy groups -OCH3 is 1. The molecule has 2 N–H and O–H groups in total. The molecule has 0 amide bonds. The highest BCUT2D eigenvalue weighted by molar-refractivity contribution is 4.97. The van der Waals surface area contributed by atoms with Crippen molar-refractivity contribution in [2.45, 2.75) is 31.4 Å². The van der Waals surface area contributed by atoms with Crippen LogP contribution in [0.15, 0.2) is 12.2 Å². The zero-order chi connectivity index (χ0) is 9.52. The van der Waals surface area contributed by atoms with E-state index in [0.717, 1.165) is 0 Å². The molecule has 0 radical (unpaired) electrons. The van der Waals surface area contributed by atoms with Crippen LogP contribution < -0.4 is 5.32 Å². The third-order valence-electron chi connectivity index (χ3n) is 2.23. The molecule has 0 aromatic carbocycles. The van der Waals surface area contributed by atoms with E-state index < -0.39 is 0 Å². The molecule has 0 fully saturated rings. The molecular formula is C10H19NO2. The number of aliphatic hydroxyl groups is 1. The molecule has 1 rings (SSSR count). The lowest BCUT2D eigenvalue weighted by Gasteiger charge is -2.19. The van der Waals surface area contributed by atoms with Crippen LogP contribution in [0.1, 0.15) is 19.3 Å². The summed E-state index contributed by atoms with van der Waals surface area (Å²) >= 11 is 0. The molecule has 0 aromatic heterocycles. The van der Waals surface area contributed by atoms with E-state index in [9.17, 15) is 5.11 Å². The molecule has 0 heterocycles. The van der Waals surface area contributed by atoms with Gasteiger partial charge in [-0.3, -0.25) is 0 Å². The SMILES string of the molecule is COCC(O)CNC1C=CCCC1. The maximum Gasteiger partial charge on any atom is 0.0897 e. The van der Waals surface area contributed by atoms with Crippen LogP contribution in [0.5, 0.6) is 0 Å². The quantitative estimate of drug-likeness (QED) is 0.619. The minimum atomic E-state index is -0.389. The number of hydrogen-bond donors (Lipinski definition) is 2. The third kappa shape index (κ3) is 4.41.